The third-order valence-electron chi connectivity index (χ3n) is 3.77. The number of nitrogen functional groups attached to an aromatic ring is 1. The van der Waals surface area contributed by atoms with Gasteiger partial charge < -0.3 is 19.9 Å². The number of benzene rings is 1. The summed E-state index contributed by atoms with van der Waals surface area (Å²) in [7, 11) is 3.80. The Balaban J connectivity index is 2.16. The Morgan fingerprint density at radius 2 is 2.15 bits per heavy atom. The van der Waals surface area contributed by atoms with Crippen molar-refractivity contribution in [2.45, 2.75) is 32.9 Å². The Bertz CT molecular complexity index is 577. The Hall–Kier alpha value is -1.75. The molecule has 0 amide bonds. The summed E-state index contributed by atoms with van der Waals surface area (Å²) in [4.78, 5) is 6.75. The highest BCUT2D eigenvalue weighted by molar-refractivity contribution is 5.84. The minimum absolute atomic E-state index is 0.553. The molecular formula is C15H24N4O. The van der Waals surface area contributed by atoms with E-state index in [0.717, 1.165) is 36.3 Å². The molecule has 2 aromatic rings. The van der Waals surface area contributed by atoms with E-state index in [4.69, 9.17) is 10.5 Å². The van der Waals surface area contributed by atoms with E-state index in [-0.39, 0.29) is 0 Å². The molecule has 1 aromatic carbocycles. The molecule has 2 rings (SSSR count). The van der Waals surface area contributed by atoms with Crippen molar-refractivity contribution in [3.63, 3.8) is 0 Å². The van der Waals surface area contributed by atoms with Crippen LogP contribution in [0.4, 0.5) is 5.95 Å². The van der Waals surface area contributed by atoms with Crippen LogP contribution in [0, 0.1) is 0 Å². The summed E-state index contributed by atoms with van der Waals surface area (Å²) in [6.45, 7) is 6.31. The van der Waals surface area contributed by atoms with Crippen LogP contribution in [0.25, 0.3) is 11.0 Å². The van der Waals surface area contributed by atoms with Crippen molar-refractivity contribution < 1.29 is 4.74 Å². The highest BCUT2D eigenvalue weighted by Crippen LogP contribution is 2.26. The second-order valence-corrected chi connectivity index (χ2v) is 5.38. The molecule has 20 heavy (non-hydrogen) atoms. The first-order valence-electron chi connectivity index (χ1n) is 7.03. The van der Waals surface area contributed by atoms with Gasteiger partial charge in [-0.15, -0.1) is 0 Å². The number of hydrogen-bond donors (Lipinski definition) is 1. The lowest BCUT2D eigenvalue weighted by Crippen LogP contribution is -2.28. The van der Waals surface area contributed by atoms with Crippen LogP contribution >= 0.6 is 0 Å². The Morgan fingerprint density at radius 3 is 2.80 bits per heavy atom. The zero-order valence-corrected chi connectivity index (χ0v) is 12.8. The number of aromatic nitrogens is 2. The third kappa shape index (κ3) is 2.88. The van der Waals surface area contributed by atoms with Crippen LogP contribution in [0.1, 0.15) is 20.3 Å². The van der Waals surface area contributed by atoms with Crippen molar-refractivity contribution in [3.8, 4) is 5.75 Å². The Labute approximate surface area is 120 Å². The minimum Gasteiger partial charge on any atom is -0.494 e. The van der Waals surface area contributed by atoms with Crippen LogP contribution in [0.15, 0.2) is 18.2 Å². The average molecular weight is 276 g/mol. The first-order chi connectivity index (χ1) is 9.54. The molecule has 0 aliphatic carbocycles. The molecule has 0 aliphatic rings. The van der Waals surface area contributed by atoms with Crippen molar-refractivity contribution in [1.82, 2.24) is 14.5 Å². The van der Waals surface area contributed by atoms with Crippen molar-refractivity contribution in [2.75, 3.05) is 26.4 Å². The van der Waals surface area contributed by atoms with Crippen molar-refractivity contribution in [1.29, 1.82) is 0 Å². The monoisotopic (exact) mass is 276 g/mol. The molecule has 0 spiro atoms. The summed E-state index contributed by atoms with van der Waals surface area (Å²) < 4.78 is 7.39. The number of aryl methyl sites for hydroxylation is 1. The molecule has 0 fully saturated rings. The maximum absolute atomic E-state index is 6.04. The topological polar surface area (TPSA) is 56.3 Å². The van der Waals surface area contributed by atoms with Crippen molar-refractivity contribution in [2.24, 2.45) is 0 Å². The molecule has 0 unspecified atom stereocenters. The summed E-state index contributed by atoms with van der Waals surface area (Å²) >= 11 is 0. The largest absolute Gasteiger partial charge is 0.494 e. The fraction of sp³-hybridized carbons (Fsp3) is 0.533. The normalized spacial score (nSPS) is 11.7. The molecular weight excluding hydrogens is 252 g/mol. The molecule has 0 bridgehead atoms. The molecule has 0 atom stereocenters. The summed E-state index contributed by atoms with van der Waals surface area (Å²) in [5.41, 5.74) is 7.91. The van der Waals surface area contributed by atoms with E-state index in [1.165, 1.54) is 0 Å². The molecule has 5 nitrogen and oxygen atoms in total. The molecule has 0 saturated carbocycles. The molecule has 0 aliphatic heterocycles. The van der Waals surface area contributed by atoms with E-state index in [1.807, 2.05) is 18.2 Å². The van der Waals surface area contributed by atoms with Gasteiger partial charge >= 0.3 is 0 Å². The van der Waals surface area contributed by atoms with E-state index in [1.54, 1.807) is 7.11 Å². The summed E-state index contributed by atoms with van der Waals surface area (Å²) in [5, 5.41) is 0. The number of anilines is 1. The standard InChI is InChI=1S/C15H24N4O/c1-11(2)18(3)9-6-10-19-12-7-5-8-13(20-4)14(12)17-15(19)16/h5,7-8,11H,6,9-10H2,1-4H3,(H2,16,17). The van der Waals surface area contributed by atoms with E-state index in [2.05, 4.69) is 35.3 Å². The van der Waals surface area contributed by atoms with Crippen LogP contribution < -0.4 is 10.5 Å². The number of hydrogen-bond acceptors (Lipinski definition) is 4. The number of imidazole rings is 1. The fourth-order valence-corrected chi connectivity index (χ4v) is 2.28. The molecule has 0 radical (unpaired) electrons. The molecule has 0 saturated heterocycles. The summed E-state index contributed by atoms with van der Waals surface area (Å²) in [6, 6.07) is 6.48. The number of nitrogens with zero attached hydrogens (tertiary/aromatic N) is 3. The van der Waals surface area contributed by atoms with Gasteiger partial charge in [0.05, 0.1) is 12.6 Å². The van der Waals surface area contributed by atoms with Crippen LogP contribution in [-0.2, 0) is 6.54 Å². The SMILES string of the molecule is COc1cccc2c1nc(N)n2CCCN(C)C(C)C. The van der Waals surface area contributed by atoms with Gasteiger partial charge in [-0.05, 0) is 46.0 Å². The molecule has 2 N–H and O–H groups in total. The van der Waals surface area contributed by atoms with Gasteiger partial charge in [0.15, 0.2) is 0 Å². The molecule has 1 heterocycles. The number of nitrogens with two attached hydrogens (primary N) is 1. The summed E-state index contributed by atoms with van der Waals surface area (Å²) in [6.07, 6.45) is 1.04. The lowest BCUT2D eigenvalue weighted by atomic mass is 10.2. The first kappa shape index (κ1) is 14.7. The first-order valence-corrected chi connectivity index (χ1v) is 7.03. The van der Waals surface area contributed by atoms with Gasteiger partial charge in [0.2, 0.25) is 5.95 Å². The van der Waals surface area contributed by atoms with Crippen molar-refractivity contribution >= 4 is 17.0 Å². The van der Waals surface area contributed by atoms with Gasteiger partial charge in [-0.25, -0.2) is 4.98 Å². The van der Waals surface area contributed by atoms with Crippen LogP contribution in [0.3, 0.4) is 0 Å². The number of para-hydroxylation sites is 1. The zero-order valence-electron chi connectivity index (χ0n) is 12.8. The van der Waals surface area contributed by atoms with E-state index < -0.39 is 0 Å². The Kier molecular flexibility index (Phi) is 4.49. The van der Waals surface area contributed by atoms with E-state index in [9.17, 15) is 0 Å². The molecule has 5 heteroatoms. The second-order valence-electron chi connectivity index (χ2n) is 5.38. The zero-order chi connectivity index (χ0) is 14.7. The number of methoxy groups -OCH3 is 1. The quantitative estimate of drug-likeness (QED) is 0.880. The highest BCUT2D eigenvalue weighted by atomic mass is 16.5. The lowest BCUT2D eigenvalue weighted by Gasteiger charge is -2.21. The minimum atomic E-state index is 0.553. The molecule has 110 valence electrons. The predicted octanol–water partition coefficient (Wildman–Crippen LogP) is 2.36. The summed E-state index contributed by atoms with van der Waals surface area (Å²) in [5.74, 6) is 1.32. The van der Waals surface area contributed by atoms with Gasteiger partial charge in [-0.1, -0.05) is 6.07 Å². The van der Waals surface area contributed by atoms with Gasteiger partial charge in [0.25, 0.3) is 0 Å². The van der Waals surface area contributed by atoms with Gasteiger partial charge in [0.1, 0.15) is 11.3 Å². The average Bonchev–Trinajstić information content (AvgIpc) is 2.74. The van der Waals surface area contributed by atoms with E-state index >= 15 is 0 Å². The maximum atomic E-state index is 6.04. The number of rotatable bonds is 6. The van der Waals surface area contributed by atoms with Crippen LogP contribution in [-0.4, -0.2) is 41.2 Å². The third-order valence-corrected chi connectivity index (χ3v) is 3.77. The smallest absolute Gasteiger partial charge is 0.201 e. The number of ether oxygens (including phenoxy) is 1. The van der Waals surface area contributed by atoms with Crippen LogP contribution in [0.5, 0.6) is 5.75 Å². The predicted molar refractivity (Wildman–Crippen MR) is 83.1 cm³/mol. The van der Waals surface area contributed by atoms with Gasteiger partial charge in [-0.3, -0.25) is 0 Å². The second kappa shape index (κ2) is 6.13. The van der Waals surface area contributed by atoms with Crippen LogP contribution in [0.2, 0.25) is 0 Å². The van der Waals surface area contributed by atoms with Crippen molar-refractivity contribution in [3.05, 3.63) is 18.2 Å². The lowest BCUT2D eigenvalue weighted by molar-refractivity contribution is 0.266. The highest BCUT2D eigenvalue weighted by Gasteiger charge is 2.12. The van der Waals surface area contributed by atoms with E-state index in [0.29, 0.717) is 12.0 Å². The molecule has 1 aromatic heterocycles. The van der Waals surface area contributed by atoms with Gasteiger partial charge in [0, 0.05) is 12.6 Å². The maximum Gasteiger partial charge on any atom is 0.201 e. The number of fused-ring (bicyclic) bond motifs is 1. The van der Waals surface area contributed by atoms with Gasteiger partial charge in [-0.2, -0.15) is 0 Å². The fourth-order valence-electron chi connectivity index (χ4n) is 2.28. The Morgan fingerprint density at radius 1 is 1.40 bits per heavy atom.